The van der Waals surface area contributed by atoms with Crippen molar-refractivity contribution in [2.45, 2.75) is 36.1 Å². The Hall–Kier alpha value is -2.43. The highest BCUT2D eigenvalue weighted by molar-refractivity contribution is 8.00. The zero-order valence-corrected chi connectivity index (χ0v) is 20.8. The van der Waals surface area contributed by atoms with Crippen LogP contribution in [0.3, 0.4) is 0 Å². The van der Waals surface area contributed by atoms with Gasteiger partial charge in [0.05, 0.1) is 34.7 Å². The highest BCUT2D eigenvalue weighted by Gasteiger charge is 2.36. The number of aromatic nitrogens is 3. The minimum atomic E-state index is -2.68. The molecule has 3 aromatic rings. The van der Waals surface area contributed by atoms with Crippen molar-refractivity contribution in [3.8, 4) is 11.3 Å². The third-order valence-corrected chi connectivity index (χ3v) is 7.62. The van der Waals surface area contributed by atoms with E-state index in [-0.39, 0.29) is 31.8 Å². The SMILES string of the molecule is CC(Sc1nc2nc(-c3ccc(N4CCOCC4)cc3)c(Cl)cc2[nH]1)C(=O)N1CCC(F)(F)CC1. The predicted molar refractivity (Wildman–Crippen MR) is 133 cm³/mol. The van der Waals surface area contributed by atoms with E-state index >= 15 is 0 Å². The first kappa shape index (κ1) is 24.3. The Morgan fingerprint density at radius 1 is 1.14 bits per heavy atom. The second-order valence-corrected chi connectivity index (χ2v) is 10.6. The van der Waals surface area contributed by atoms with E-state index in [2.05, 4.69) is 32.0 Å². The molecular weight excluding hydrogens is 496 g/mol. The van der Waals surface area contributed by atoms with Crippen molar-refractivity contribution in [1.29, 1.82) is 0 Å². The maximum absolute atomic E-state index is 13.4. The van der Waals surface area contributed by atoms with Crippen molar-refractivity contribution in [2.75, 3.05) is 44.3 Å². The summed E-state index contributed by atoms with van der Waals surface area (Å²) in [6.45, 7) is 5.08. The van der Waals surface area contributed by atoms with Crippen LogP contribution in [0.4, 0.5) is 14.5 Å². The van der Waals surface area contributed by atoms with E-state index in [9.17, 15) is 13.6 Å². The normalized spacial score (nSPS) is 19.2. The number of H-pyrrole nitrogens is 1. The van der Waals surface area contributed by atoms with Crippen LogP contribution in [-0.4, -0.2) is 76.3 Å². The molecular formula is C24H26ClF2N5O2S. The van der Waals surface area contributed by atoms with E-state index in [1.165, 1.54) is 16.7 Å². The number of carbonyl (C=O) groups excluding carboxylic acids is 1. The molecule has 35 heavy (non-hydrogen) atoms. The van der Waals surface area contributed by atoms with Crippen molar-refractivity contribution < 1.29 is 18.3 Å². The molecule has 7 nitrogen and oxygen atoms in total. The van der Waals surface area contributed by atoms with Crippen molar-refractivity contribution in [3.05, 3.63) is 35.4 Å². The van der Waals surface area contributed by atoms with E-state index in [0.717, 1.165) is 37.6 Å². The fourth-order valence-corrected chi connectivity index (χ4v) is 5.49. The van der Waals surface area contributed by atoms with Crippen LogP contribution in [0.1, 0.15) is 19.8 Å². The van der Waals surface area contributed by atoms with Gasteiger partial charge in [-0.25, -0.2) is 18.7 Å². The lowest BCUT2D eigenvalue weighted by atomic mass is 10.1. The number of ether oxygens (including phenoxy) is 1. The smallest absolute Gasteiger partial charge is 0.251 e. The van der Waals surface area contributed by atoms with E-state index < -0.39 is 11.2 Å². The second kappa shape index (κ2) is 9.91. The lowest BCUT2D eigenvalue weighted by Gasteiger charge is -2.33. The number of nitrogens with one attached hydrogen (secondary N) is 1. The number of hydrogen-bond acceptors (Lipinski definition) is 6. The van der Waals surface area contributed by atoms with Crippen LogP contribution in [0, 0.1) is 0 Å². The Morgan fingerprint density at radius 2 is 1.83 bits per heavy atom. The van der Waals surface area contributed by atoms with Crippen molar-refractivity contribution >= 4 is 46.1 Å². The van der Waals surface area contributed by atoms with Gasteiger partial charge in [-0.3, -0.25) is 4.79 Å². The monoisotopic (exact) mass is 521 g/mol. The van der Waals surface area contributed by atoms with Gasteiger partial charge in [0, 0.05) is 50.3 Å². The van der Waals surface area contributed by atoms with Gasteiger partial charge in [0.15, 0.2) is 10.8 Å². The second-order valence-electron chi connectivity index (χ2n) is 8.82. The summed E-state index contributed by atoms with van der Waals surface area (Å²) < 4.78 is 32.3. The quantitative estimate of drug-likeness (QED) is 0.484. The van der Waals surface area contributed by atoms with Crippen molar-refractivity contribution in [2.24, 2.45) is 0 Å². The Morgan fingerprint density at radius 3 is 2.51 bits per heavy atom. The molecule has 0 radical (unpaired) electrons. The summed E-state index contributed by atoms with van der Waals surface area (Å²) in [6.07, 6.45) is -0.585. The number of thioether (sulfide) groups is 1. The maximum Gasteiger partial charge on any atom is 0.251 e. The number of hydrogen-bond donors (Lipinski definition) is 1. The number of fused-ring (bicyclic) bond motifs is 1. The van der Waals surface area contributed by atoms with Crippen LogP contribution in [0.15, 0.2) is 35.5 Å². The summed E-state index contributed by atoms with van der Waals surface area (Å²) in [5.41, 5.74) is 3.82. The number of alkyl halides is 2. The molecule has 1 N–H and O–H groups in total. The number of halogens is 3. The summed E-state index contributed by atoms with van der Waals surface area (Å²) in [5, 5.41) is 0.562. The Bertz CT molecular complexity index is 1210. The average Bonchev–Trinajstić information content (AvgIpc) is 3.24. The van der Waals surface area contributed by atoms with Crippen LogP contribution in [0.2, 0.25) is 5.02 Å². The number of aromatic amines is 1. The molecule has 0 aliphatic carbocycles. The number of likely N-dealkylation sites (tertiary alicyclic amines) is 1. The van der Waals surface area contributed by atoms with Crippen LogP contribution in [0.25, 0.3) is 22.4 Å². The van der Waals surface area contributed by atoms with Gasteiger partial charge in [0.25, 0.3) is 5.92 Å². The Kier molecular flexibility index (Phi) is 6.87. The molecule has 4 heterocycles. The van der Waals surface area contributed by atoms with Gasteiger partial charge in [-0.1, -0.05) is 35.5 Å². The molecule has 11 heteroatoms. The first-order valence-electron chi connectivity index (χ1n) is 11.6. The number of carbonyl (C=O) groups is 1. The topological polar surface area (TPSA) is 74.3 Å². The van der Waals surface area contributed by atoms with Crippen LogP contribution in [0.5, 0.6) is 0 Å². The van der Waals surface area contributed by atoms with E-state index in [4.69, 9.17) is 16.3 Å². The molecule has 2 aliphatic heterocycles. The van der Waals surface area contributed by atoms with Gasteiger partial charge in [0.1, 0.15) is 0 Å². The molecule has 186 valence electrons. The van der Waals surface area contributed by atoms with Crippen LogP contribution < -0.4 is 4.90 Å². The van der Waals surface area contributed by atoms with Gasteiger partial charge < -0.3 is 19.5 Å². The average molecular weight is 522 g/mol. The van der Waals surface area contributed by atoms with Gasteiger partial charge in [-0.05, 0) is 25.1 Å². The third-order valence-electron chi connectivity index (χ3n) is 6.36. The van der Waals surface area contributed by atoms with E-state index in [1.807, 2.05) is 12.1 Å². The molecule has 0 bridgehead atoms. The fourth-order valence-electron chi connectivity index (χ4n) is 4.33. The molecule has 2 saturated heterocycles. The van der Waals surface area contributed by atoms with Gasteiger partial charge >= 0.3 is 0 Å². The Balaban J connectivity index is 1.30. The molecule has 0 spiro atoms. The number of amides is 1. The fraction of sp³-hybridized carbons (Fsp3) is 0.458. The van der Waals surface area contributed by atoms with E-state index in [1.54, 1.807) is 13.0 Å². The largest absolute Gasteiger partial charge is 0.378 e. The lowest BCUT2D eigenvalue weighted by molar-refractivity contribution is -0.136. The van der Waals surface area contributed by atoms with E-state index in [0.29, 0.717) is 27.0 Å². The zero-order chi connectivity index (χ0) is 24.6. The molecule has 5 rings (SSSR count). The standard InChI is InChI=1S/C24H26ClF2N5O2S/c1-15(22(33)32-8-6-24(26,27)7-9-32)35-23-28-19-14-18(25)20(29-21(19)30-23)16-2-4-17(5-3-16)31-10-12-34-13-11-31/h2-5,14-15H,6-13H2,1H3,(H,28,29,30). The van der Waals surface area contributed by atoms with Gasteiger partial charge in [-0.15, -0.1) is 0 Å². The minimum absolute atomic E-state index is 0.0711. The van der Waals surface area contributed by atoms with Crippen molar-refractivity contribution in [1.82, 2.24) is 19.9 Å². The summed E-state index contributed by atoms with van der Waals surface area (Å²) in [4.78, 5) is 28.9. The molecule has 1 atom stereocenters. The van der Waals surface area contributed by atoms with Crippen LogP contribution in [-0.2, 0) is 9.53 Å². The summed E-state index contributed by atoms with van der Waals surface area (Å²) in [5.74, 6) is -2.85. The summed E-state index contributed by atoms with van der Waals surface area (Å²) >= 11 is 7.80. The number of morpholine rings is 1. The van der Waals surface area contributed by atoms with Crippen LogP contribution >= 0.6 is 23.4 Å². The Labute approximate surface area is 211 Å². The van der Waals surface area contributed by atoms with Gasteiger partial charge in [0.2, 0.25) is 5.91 Å². The molecule has 1 amide bonds. The van der Waals surface area contributed by atoms with Gasteiger partial charge in [-0.2, -0.15) is 0 Å². The first-order valence-corrected chi connectivity index (χ1v) is 12.9. The number of anilines is 1. The number of benzene rings is 1. The molecule has 2 aromatic heterocycles. The predicted octanol–water partition coefficient (Wildman–Crippen LogP) is 4.85. The first-order chi connectivity index (χ1) is 16.8. The number of pyridine rings is 1. The third kappa shape index (κ3) is 5.39. The zero-order valence-electron chi connectivity index (χ0n) is 19.3. The highest BCUT2D eigenvalue weighted by atomic mass is 35.5. The molecule has 2 fully saturated rings. The molecule has 2 aliphatic rings. The minimum Gasteiger partial charge on any atom is -0.378 e. The number of piperidine rings is 1. The van der Waals surface area contributed by atoms with Crippen molar-refractivity contribution in [3.63, 3.8) is 0 Å². The lowest BCUT2D eigenvalue weighted by Crippen LogP contribution is -2.45. The highest BCUT2D eigenvalue weighted by Crippen LogP contribution is 2.33. The number of imidazole rings is 1. The molecule has 1 aromatic carbocycles. The summed E-state index contributed by atoms with van der Waals surface area (Å²) in [7, 11) is 0. The number of nitrogens with zero attached hydrogens (tertiary/aromatic N) is 4. The molecule has 1 unspecified atom stereocenters. The summed E-state index contributed by atoms with van der Waals surface area (Å²) in [6, 6.07) is 9.88. The molecule has 0 saturated carbocycles. The number of rotatable bonds is 5. The maximum atomic E-state index is 13.4.